The fraction of sp³-hybridized carbons (Fsp3) is 0.231. The molecule has 5 rings (SSSR count). The van der Waals surface area contributed by atoms with Gasteiger partial charge in [0.1, 0.15) is 17.2 Å². The van der Waals surface area contributed by atoms with Gasteiger partial charge in [0, 0.05) is 17.9 Å². The van der Waals surface area contributed by atoms with E-state index in [0.717, 1.165) is 11.1 Å². The Morgan fingerprint density at radius 3 is 2.76 bits per heavy atom. The second kappa shape index (κ2) is 7.95. The molecule has 0 bridgehead atoms. The third-order valence-electron chi connectivity index (χ3n) is 6.83. The molecule has 1 N–H and O–H groups in total. The standard InChI is InChI=1S/C26H20ClF2N3O/c1-15-18(17-6-8-22(28)21(27)10-17)3-2-4-20(15)26(33)11-24(32-14-31-13-25(26)32)19-7-5-16(12-30)9-23(19)29/h2-10,13-15,18,24,33H,11H2,1H3/t15?,18?,24-,26+/m1/s1. The number of halogens is 3. The van der Waals surface area contributed by atoms with E-state index in [4.69, 9.17) is 16.9 Å². The number of nitrogens with zero attached hydrogens (tertiary/aromatic N) is 3. The van der Waals surface area contributed by atoms with Gasteiger partial charge < -0.3 is 9.67 Å². The number of hydrogen-bond acceptors (Lipinski definition) is 3. The van der Waals surface area contributed by atoms with Crippen molar-refractivity contribution < 1.29 is 13.9 Å². The van der Waals surface area contributed by atoms with Crippen molar-refractivity contribution in [3.8, 4) is 6.07 Å². The second-order valence-electron chi connectivity index (χ2n) is 8.61. The highest BCUT2D eigenvalue weighted by molar-refractivity contribution is 6.30. The molecule has 0 saturated carbocycles. The van der Waals surface area contributed by atoms with Gasteiger partial charge >= 0.3 is 0 Å². The van der Waals surface area contributed by atoms with Crippen LogP contribution < -0.4 is 0 Å². The van der Waals surface area contributed by atoms with E-state index < -0.39 is 23.3 Å². The molecule has 4 nitrogen and oxygen atoms in total. The Labute approximate surface area is 195 Å². The van der Waals surface area contributed by atoms with Crippen molar-refractivity contribution in [2.45, 2.75) is 30.9 Å². The molecule has 0 fully saturated rings. The number of benzene rings is 2. The van der Waals surface area contributed by atoms with Gasteiger partial charge in [-0.15, -0.1) is 0 Å². The van der Waals surface area contributed by atoms with Crippen LogP contribution in [0.1, 0.15) is 47.7 Å². The summed E-state index contributed by atoms with van der Waals surface area (Å²) in [6, 6.07) is 10.5. The molecule has 1 aromatic heterocycles. The minimum atomic E-state index is -1.37. The number of hydrogen-bond donors (Lipinski definition) is 1. The van der Waals surface area contributed by atoms with Crippen LogP contribution in [0, 0.1) is 28.9 Å². The minimum absolute atomic E-state index is 0.0539. The van der Waals surface area contributed by atoms with Crippen LogP contribution >= 0.6 is 11.6 Å². The van der Waals surface area contributed by atoms with Gasteiger partial charge in [-0.2, -0.15) is 5.26 Å². The summed E-state index contributed by atoms with van der Waals surface area (Å²) in [4.78, 5) is 4.22. The van der Waals surface area contributed by atoms with Crippen molar-refractivity contribution in [1.29, 1.82) is 5.26 Å². The molecule has 7 heteroatoms. The largest absolute Gasteiger partial charge is 0.379 e. The van der Waals surface area contributed by atoms with Crippen LogP contribution in [0.15, 0.2) is 72.7 Å². The molecule has 2 aromatic carbocycles. The van der Waals surface area contributed by atoms with E-state index in [1.807, 2.05) is 31.2 Å². The lowest BCUT2D eigenvalue weighted by Crippen LogP contribution is -2.32. The van der Waals surface area contributed by atoms with Crippen molar-refractivity contribution >= 4 is 11.6 Å². The Morgan fingerprint density at radius 1 is 1.21 bits per heavy atom. The smallest absolute Gasteiger partial charge is 0.141 e. The average molecular weight is 464 g/mol. The van der Waals surface area contributed by atoms with E-state index in [0.29, 0.717) is 11.3 Å². The predicted octanol–water partition coefficient (Wildman–Crippen LogP) is 5.78. The lowest BCUT2D eigenvalue weighted by Gasteiger charge is -2.35. The zero-order valence-electron chi connectivity index (χ0n) is 17.7. The Hall–Kier alpha value is -3.27. The van der Waals surface area contributed by atoms with Crippen LogP contribution in [0.2, 0.25) is 5.02 Å². The highest BCUT2D eigenvalue weighted by Crippen LogP contribution is 2.52. The Balaban J connectivity index is 1.53. The number of aromatic nitrogens is 2. The van der Waals surface area contributed by atoms with Gasteiger partial charge in [-0.3, -0.25) is 0 Å². The Kier molecular flexibility index (Phi) is 5.19. The fourth-order valence-corrected chi connectivity index (χ4v) is 5.36. The molecule has 2 heterocycles. The monoisotopic (exact) mass is 463 g/mol. The summed E-state index contributed by atoms with van der Waals surface area (Å²) in [5, 5.41) is 21.1. The van der Waals surface area contributed by atoms with Crippen LogP contribution in [0.5, 0.6) is 0 Å². The van der Waals surface area contributed by atoms with Gasteiger partial charge in [0.2, 0.25) is 0 Å². The third kappa shape index (κ3) is 3.40. The van der Waals surface area contributed by atoms with Gasteiger partial charge in [-0.05, 0) is 41.3 Å². The maximum atomic E-state index is 14.9. The van der Waals surface area contributed by atoms with Gasteiger partial charge in [0.15, 0.2) is 0 Å². The first-order chi connectivity index (χ1) is 15.8. The molecule has 3 aromatic rings. The maximum Gasteiger partial charge on any atom is 0.141 e. The van der Waals surface area contributed by atoms with E-state index in [2.05, 4.69) is 4.98 Å². The highest BCUT2D eigenvalue weighted by atomic mass is 35.5. The van der Waals surface area contributed by atoms with Gasteiger partial charge in [-0.1, -0.05) is 48.9 Å². The Morgan fingerprint density at radius 2 is 2.03 bits per heavy atom. The zero-order valence-corrected chi connectivity index (χ0v) is 18.5. The molecule has 166 valence electrons. The summed E-state index contributed by atoms with van der Waals surface area (Å²) in [7, 11) is 0. The molecular weight excluding hydrogens is 444 g/mol. The Bertz CT molecular complexity index is 1360. The molecule has 4 atom stereocenters. The SMILES string of the molecule is CC1C([C@@]2(O)C[C@H](c3ccc(C#N)cc3F)n3cncc32)=CC=CC1c1ccc(F)c(Cl)c1. The number of aliphatic hydroxyl groups is 1. The lowest BCUT2D eigenvalue weighted by molar-refractivity contribution is 0.0627. The molecule has 33 heavy (non-hydrogen) atoms. The summed E-state index contributed by atoms with van der Waals surface area (Å²) in [5.41, 5.74) is 1.47. The molecule has 0 amide bonds. The summed E-state index contributed by atoms with van der Waals surface area (Å²) in [6.45, 7) is 2.01. The molecule has 2 aliphatic rings. The van der Waals surface area contributed by atoms with Gasteiger partial charge in [0.05, 0.1) is 40.9 Å². The minimum Gasteiger partial charge on any atom is -0.379 e. The molecule has 0 radical (unpaired) electrons. The molecule has 2 unspecified atom stereocenters. The van der Waals surface area contributed by atoms with Crippen LogP contribution in [0.25, 0.3) is 0 Å². The topological polar surface area (TPSA) is 61.8 Å². The normalized spacial score (nSPS) is 26.1. The highest BCUT2D eigenvalue weighted by Gasteiger charge is 2.49. The van der Waals surface area contributed by atoms with Crippen molar-refractivity contribution in [3.63, 3.8) is 0 Å². The molecule has 0 spiro atoms. The van der Waals surface area contributed by atoms with E-state index in [9.17, 15) is 13.9 Å². The van der Waals surface area contributed by atoms with Crippen molar-refractivity contribution in [1.82, 2.24) is 9.55 Å². The summed E-state index contributed by atoms with van der Waals surface area (Å²) in [6.07, 6.45) is 9.21. The van der Waals surface area contributed by atoms with Gasteiger partial charge in [0.25, 0.3) is 0 Å². The maximum absolute atomic E-state index is 14.9. The van der Waals surface area contributed by atoms with E-state index in [-0.39, 0.29) is 28.8 Å². The van der Waals surface area contributed by atoms with Crippen LogP contribution in [-0.2, 0) is 5.60 Å². The van der Waals surface area contributed by atoms with E-state index in [1.165, 1.54) is 12.1 Å². The van der Waals surface area contributed by atoms with Crippen molar-refractivity contribution in [3.05, 3.63) is 112 Å². The van der Waals surface area contributed by atoms with Crippen LogP contribution in [0.3, 0.4) is 0 Å². The molecular formula is C26H20ClF2N3O. The van der Waals surface area contributed by atoms with Crippen LogP contribution in [-0.4, -0.2) is 14.7 Å². The molecule has 1 aliphatic carbocycles. The first-order valence-electron chi connectivity index (χ1n) is 10.6. The van der Waals surface area contributed by atoms with Crippen LogP contribution in [0.4, 0.5) is 8.78 Å². The number of nitriles is 1. The lowest BCUT2D eigenvalue weighted by atomic mass is 9.71. The number of imidazole rings is 1. The first kappa shape index (κ1) is 21.6. The quantitative estimate of drug-likeness (QED) is 0.535. The summed E-state index contributed by atoms with van der Waals surface area (Å²) >= 11 is 6.02. The number of allylic oxidation sites excluding steroid dienone is 3. The molecule has 1 aliphatic heterocycles. The number of fused-ring (bicyclic) bond motifs is 1. The second-order valence-corrected chi connectivity index (χ2v) is 9.02. The molecule has 0 saturated heterocycles. The zero-order chi connectivity index (χ0) is 23.3. The van der Waals surface area contributed by atoms with Gasteiger partial charge in [-0.25, -0.2) is 13.8 Å². The fourth-order valence-electron chi connectivity index (χ4n) is 5.17. The summed E-state index contributed by atoms with van der Waals surface area (Å²) < 4.78 is 30.4. The predicted molar refractivity (Wildman–Crippen MR) is 121 cm³/mol. The third-order valence-corrected chi connectivity index (χ3v) is 7.12. The van der Waals surface area contributed by atoms with E-state index >= 15 is 0 Å². The van der Waals surface area contributed by atoms with Crippen molar-refractivity contribution in [2.24, 2.45) is 5.92 Å². The first-order valence-corrected chi connectivity index (χ1v) is 11.0. The number of rotatable bonds is 3. The summed E-state index contributed by atoms with van der Waals surface area (Å²) in [5.74, 6) is -1.22. The van der Waals surface area contributed by atoms with E-state index in [1.54, 1.807) is 41.4 Å². The van der Waals surface area contributed by atoms with Crippen molar-refractivity contribution in [2.75, 3.05) is 0 Å². The average Bonchev–Trinajstić information content (AvgIpc) is 3.39.